The Kier molecular flexibility index (Phi) is 11.4. The van der Waals surface area contributed by atoms with Crippen molar-refractivity contribution in [2.75, 3.05) is 19.7 Å². The third-order valence-electron chi connectivity index (χ3n) is 3.70. The highest BCUT2D eigenvalue weighted by Gasteiger charge is 2.05. The topological polar surface area (TPSA) is 89.3 Å². The predicted molar refractivity (Wildman–Crippen MR) is 118 cm³/mol. The summed E-state index contributed by atoms with van der Waals surface area (Å²) in [6, 6.07) is 3.90. The first-order valence-electron chi connectivity index (χ1n) is 9.24. The Labute approximate surface area is 178 Å². The molecule has 0 aliphatic carbocycles. The van der Waals surface area contributed by atoms with Crippen LogP contribution in [0.15, 0.2) is 29.6 Å². The second-order valence-corrected chi connectivity index (χ2v) is 5.73. The Morgan fingerprint density at radius 3 is 2.85 bits per heavy atom. The van der Waals surface area contributed by atoms with Gasteiger partial charge in [-0.15, -0.1) is 34.2 Å². The van der Waals surface area contributed by atoms with Gasteiger partial charge < -0.3 is 19.9 Å². The number of aryl methyl sites for hydroxylation is 1. The summed E-state index contributed by atoms with van der Waals surface area (Å²) in [5, 5.41) is 14.7. The molecule has 0 amide bonds. The van der Waals surface area contributed by atoms with Crippen molar-refractivity contribution in [3.8, 4) is 5.88 Å². The molecule has 9 heteroatoms. The molecule has 0 aromatic carbocycles. The molecule has 2 aromatic heterocycles. The van der Waals surface area contributed by atoms with Crippen LogP contribution in [0.2, 0.25) is 0 Å². The van der Waals surface area contributed by atoms with Crippen molar-refractivity contribution >= 4 is 29.9 Å². The summed E-state index contributed by atoms with van der Waals surface area (Å²) in [5.74, 6) is 2.41. The maximum absolute atomic E-state index is 5.70. The van der Waals surface area contributed by atoms with Crippen LogP contribution in [-0.2, 0) is 19.5 Å². The fraction of sp³-hybridized carbons (Fsp3) is 0.556. The number of aromatic nitrogens is 4. The average Bonchev–Trinajstić information content (AvgIpc) is 3.12. The monoisotopic (exact) mass is 487 g/mol. The Morgan fingerprint density at radius 1 is 1.26 bits per heavy atom. The van der Waals surface area contributed by atoms with E-state index in [9.17, 15) is 0 Å². The molecule has 0 saturated heterocycles. The van der Waals surface area contributed by atoms with Gasteiger partial charge in [-0.1, -0.05) is 19.9 Å². The standard InChI is InChI=1S/C18H29N7O.HI/c1-4-12-26-17-15(8-7-9-20-17)13-22-18(19-6-3)21-10-11-25-14-23-24-16(25)5-2;/h7-9,14H,4-6,10-13H2,1-3H3,(H2,19,21,22);1H. The normalized spacial score (nSPS) is 11.0. The average molecular weight is 487 g/mol. The van der Waals surface area contributed by atoms with E-state index in [4.69, 9.17) is 4.74 Å². The van der Waals surface area contributed by atoms with Crippen LogP contribution in [0.3, 0.4) is 0 Å². The highest BCUT2D eigenvalue weighted by atomic mass is 127. The van der Waals surface area contributed by atoms with E-state index in [1.165, 1.54) is 0 Å². The van der Waals surface area contributed by atoms with Gasteiger partial charge in [0.05, 0.1) is 13.2 Å². The zero-order valence-corrected chi connectivity index (χ0v) is 18.6. The summed E-state index contributed by atoms with van der Waals surface area (Å²) in [6.07, 6.45) is 5.33. The number of pyridine rings is 1. The van der Waals surface area contributed by atoms with Gasteiger partial charge in [0.15, 0.2) is 5.96 Å². The number of guanidine groups is 1. The third-order valence-corrected chi connectivity index (χ3v) is 3.70. The minimum absolute atomic E-state index is 0. The molecular formula is C18H30IN7O. The van der Waals surface area contributed by atoms with Crippen LogP contribution in [0.25, 0.3) is 0 Å². The lowest BCUT2D eigenvalue weighted by molar-refractivity contribution is 0.302. The molecule has 0 saturated carbocycles. The highest BCUT2D eigenvalue weighted by molar-refractivity contribution is 14.0. The van der Waals surface area contributed by atoms with Crippen molar-refractivity contribution in [2.45, 2.75) is 46.7 Å². The lowest BCUT2D eigenvalue weighted by Gasteiger charge is -2.13. The Bertz CT molecular complexity index is 690. The van der Waals surface area contributed by atoms with Crippen LogP contribution in [-0.4, -0.2) is 45.4 Å². The molecule has 0 spiro atoms. The van der Waals surface area contributed by atoms with Crippen molar-refractivity contribution in [1.82, 2.24) is 30.4 Å². The molecular weight excluding hydrogens is 457 g/mol. The van der Waals surface area contributed by atoms with Crippen molar-refractivity contribution < 1.29 is 4.74 Å². The zero-order chi connectivity index (χ0) is 18.6. The number of nitrogens with zero attached hydrogens (tertiary/aromatic N) is 5. The zero-order valence-electron chi connectivity index (χ0n) is 16.3. The summed E-state index contributed by atoms with van der Waals surface area (Å²) in [6.45, 7) is 9.69. The van der Waals surface area contributed by atoms with E-state index in [-0.39, 0.29) is 24.0 Å². The second kappa shape index (κ2) is 13.3. The SMILES string of the molecule is CCCOc1ncccc1CN=C(NCC)NCCn1cnnc1CC.I. The molecule has 2 aromatic rings. The minimum atomic E-state index is 0. The predicted octanol–water partition coefficient (Wildman–Crippen LogP) is 2.40. The van der Waals surface area contributed by atoms with Crippen LogP contribution in [0.1, 0.15) is 38.6 Å². The molecule has 0 bridgehead atoms. The second-order valence-electron chi connectivity index (χ2n) is 5.73. The molecule has 27 heavy (non-hydrogen) atoms. The molecule has 2 N–H and O–H groups in total. The molecule has 150 valence electrons. The van der Waals surface area contributed by atoms with E-state index in [0.717, 1.165) is 49.8 Å². The number of ether oxygens (including phenoxy) is 1. The van der Waals surface area contributed by atoms with E-state index in [1.807, 2.05) is 23.6 Å². The number of rotatable bonds is 10. The van der Waals surface area contributed by atoms with Gasteiger partial charge >= 0.3 is 0 Å². The van der Waals surface area contributed by atoms with Crippen LogP contribution in [0.4, 0.5) is 0 Å². The van der Waals surface area contributed by atoms with Crippen molar-refractivity contribution in [1.29, 1.82) is 0 Å². The van der Waals surface area contributed by atoms with Gasteiger partial charge in [-0.2, -0.15) is 0 Å². The fourth-order valence-electron chi connectivity index (χ4n) is 2.41. The molecule has 2 rings (SSSR count). The lowest BCUT2D eigenvalue weighted by atomic mass is 10.3. The van der Waals surface area contributed by atoms with E-state index < -0.39 is 0 Å². The number of aliphatic imine (C=N–C) groups is 1. The summed E-state index contributed by atoms with van der Waals surface area (Å²) in [5.41, 5.74) is 0.977. The lowest BCUT2D eigenvalue weighted by Crippen LogP contribution is -2.39. The molecule has 2 heterocycles. The summed E-state index contributed by atoms with van der Waals surface area (Å²) in [4.78, 5) is 8.95. The Balaban J connectivity index is 0.00000364. The van der Waals surface area contributed by atoms with Crippen LogP contribution in [0, 0.1) is 0 Å². The molecule has 0 fully saturated rings. The number of halogens is 1. The molecule has 0 aliphatic heterocycles. The first-order valence-corrected chi connectivity index (χ1v) is 9.24. The molecule has 0 radical (unpaired) electrons. The van der Waals surface area contributed by atoms with Gasteiger partial charge in [0.1, 0.15) is 12.2 Å². The van der Waals surface area contributed by atoms with E-state index >= 15 is 0 Å². The van der Waals surface area contributed by atoms with Crippen molar-refractivity contribution in [3.63, 3.8) is 0 Å². The molecule has 0 aliphatic rings. The van der Waals surface area contributed by atoms with Gasteiger partial charge in [-0.25, -0.2) is 9.98 Å². The van der Waals surface area contributed by atoms with Crippen LogP contribution in [0.5, 0.6) is 5.88 Å². The Hall–Kier alpha value is -1.91. The van der Waals surface area contributed by atoms with E-state index in [1.54, 1.807) is 12.5 Å². The van der Waals surface area contributed by atoms with Gasteiger partial charge in [-0.05, 0) is 19.4 Å². The maximum Gasteiger partial charge on any atom is 0.218 e. The Morgan fingerprint density at radius 2 is 2.11 bits per heavy atom. The van der Waals surface area contributed by atoms with Crippen molar-refractivity contribution in [3.05, 3.63) is 36.0 Å². The van der Waals surface area contributed by atoms with Gasteiger partial charge in [0.25, 0.3) is 0 Å². The maximum atomic E-state index is 5.70. The smallest absolute Gasteiger partial charge is 0.218 e. The summed E-state index contributed by atoms with van der Waals surface area (Å²) >= 11 is 0. The first kappa shape index (κ1) is 23.1. The van der Waals surface area contributed by atoms with Gasteiger partial charge in [0.2, 0.25) is 5.88 Å². The van der Waals surface area contributed by atoms with Crippen LogP contribution < -0.4 is 15.4 Å². The largest absolute Gasteiger partial charge is 0.477 e. The first-order chi connectivity index (χ1) is 12.8. The third kappa shape index (κ3) is 7.69. The highest BCUT2D eigenvalue weighted by Crippen LogP contribution is 2.15. The number of hydrogen-bond acceptors (Lipinski definition) is 5. The fourth-order valence-corrected chi connectivity index (χ4v) is 2.41. The number of hydrogen-bond donors (Lipinski definition) is 2. The molecule has 0 atom stereocenters. The van der Waals surface area contributed by atoms with Gasteiger partial charge in [-0.3, -0.25) is 0 Å². The van der Waals surface area contributed by atoms with Gasteiger partial charge in [0, 0.05) is 37.8 Å². The van der Waals surface area contributed by atoms with Crippen molar-refractivity contribution in [2.24, 2.45) is 4.99 Å². The van der Waals surface area contributed by atoms with E-state index in [0.29, 0.717) is 19.0 Å². The molecule has 0 unspecified atom stereocenters. The van der Waals surface area contributed by atoms with Crippen LogP contribution >= 0.6 is 24.0 Å². The minimum Gasteiger partial charge on any atom is -0.477 e. The summed E-state index contributed by atoms with van der Waals surface area (Å²) in [7, 11) is 0. The summed E-state index contributed by atoms with van der Waals surface area (Å²) < 4.78 is 7.75. The van der Waals surface area contributed by atoms with E-state index in [2.05, 4.69) is 44.7 Å². The quantitative estimate of drug-likeness (QED) is 0.304. The molecule has 8 nitrogen and oxygen atoms in total. The number of nitrogens with one attached hydrogen (secondary N) is 2.